The number of hydrogen-bond acceptors (Lipinski definition) is 1. The van der Waals surface area contributed by atoms with Gasteiger partial charge in [0.2, 0.25) is 0 Å². The first-order valence-corrected chi connectivity index (χ1v) is 4.54. The molecular formula is C10H24ClN3. The number of allylic oxidation sites excluding steroid dienone is 1. The fourth-order valence-corrected chi connectivity index (χ4v) is 0.744. The van der Waals surface area contributed by atoms with E-state index >= 15 is 0 Å². The highest BCUT2D eigenvalue weighted by Crippen LogP contribution is 1.95. The molecule has 0 amide bonds. The van der Waals surface area contributed by atoms with Gasteiger partial charge >= 0.3 is 0 Å². The van der Waals surface area contributed by atoms with Crippen molar-refractivity contribution in [2.75, 3.05) is 27.7 Å². The van der Waals surface area contributed by atoms with Gasteiger partial charge in [-0.2, -0.15) is 0 Å². The van der Waals surface area contributed by atoms with Gasteiger partial charge in [-0.15, -0.1) is 6.58 Å². The predicted octanol–water partition coefficient (Wildman–Crippen LogP) is -1.39. The molecule has 0 fully saturated rings. The molecule has 0 radical (unpaired) electrons. The lowest BCUT2D eigenvalue weighted by Gasteiger charge is -2.23. The number of nitrogens with two attached hydrogens (primary N) is 1. The monoisotopic (exact) mass is 221 g/mol. The van der Waals surface area contributed by atoms with E-state index in [2.05, 4.69) is 27.7 Å². The first kappa shape index (κ1) is 19.1. The van der Waals surface area contributed by atoms with Crippen LogP contribution in [0.3, 0.4) is 0 Å². The summed E-state index contributed by atoms with van der Waals surface area (Å²) in [7, 11) is 6.42. The van der Waals surface area contributed by atoms with Gasteiger partial charge < -0.3 is 22.6 Å². The molecular weight excluding hydrogens is 198 g/mol. The van der Waals surface area contributed by atoms with Crippen molar-refractivity contribution in [3.63, 3.8) is 0 Å². The van der Waals surface area contributed by atoms with Crippen LogP contribution in [0.5, 0.6) is 0 Å². The molecule has 0 rings (SSSR count). The third-order valence-electron chi connectivity index (χ3n) is 1.28. The number of nitrogens with zero attached hydrogens (tertiary/aromatic N) is 1. The third kappa shape index (κ3) is 30.0. The van der Waals surface area contributed by atoms with Crippen LogP contribution >= 0.6 is 0 Å². The van der Waals surface area contributed by atoms with Gasteiger partial charge in [0.25, 0.3) is 0 Å². The van der Waals surface area contributed by atoms with E-state index < -0.39 is 0 Å². The van der Waals surface area contributed by atoms with Crippen molar-refractivity contribution < 1.29 is 16.9 Å². The maximum Gasteiger partial charge on any atom is 0.0907 e. The van der Waals surface area contributed by atoms with Gasteiger partial charge in [0, 0.05) is 12.8 Å². The van der Waals surface area contributed by atoms with Gasteiger partial charge in [-0.3, -0.25) is 5.41 Å². The van der Waals surface area contributed by atoms with Crippen molar-refractivity contribution in [3.8, 4) is 0 Å². The zero-order chi connectivity index (χ0) is 10.9. The summed E-state index contributed by atoms with van der Waals surface area (Å²) in [6.07, 6.45) is 3.49. The molecule has 3 nitrogen and oxygen atoms in total. The SMILES string of the molecule is C=CC.C[N+](C)(C)CCCC(=N)N.[Cl-]. The molecule has 0 aromatic heterocycles. The number of hydrogen-bond donors (Lipinski definition) is 2. The number of halogens is 1. The zero-order valence-electron chi connectivity index (χ0n) is 9.81. The van der Waals surface area contributed by atoms with E-state index in [1.165, 1.54) is 0 Å². The van der Waals surface area contributed by atoms with Crippen molar-refractivity contribution in [1.82, 2.24) is 0 Å². The third-order valence-corrected chi connectivity index (χ3v) is 1.28. The average molecular weight is 222 g/mol. The summed E-state index contributed by atoms with van der Waals surface area (Å²) in [6.45, 7) is 6.33. The van der Waals surface area contributed by atoms with Gasteiger partial charge in [-0.1, -0.05) is 6.08 Å². The lowest BCUT2D eigenvalue weighted by molar-refractivity contribution is -0.870. The number of rotatable bonds is 4. The predicted molar refractivity (Wildman–Crippen MR) is 59.9 cm³/mol. The fourth-order valence-electron chi connectivity index (χ4n) is 0.744. The molecule has 0 aliphatic rings. The van der Waals surface area contributed by atoms with Crippen molar-refractivity contribution in [1.29, 1.82) is 5.41 Å². The Labute approximate surface area is 94.5 Å². The van der Waals surface area contributed by atoms with Crippen LogP contribution in [-0.2, 0) is 0 Å². The van der Waals surface area contributed by atoms with Crippen LogP contribution in [0.15, 0.2) is 12.7 Å². The number of quaternary nitrogens is 1. The Kier molecular flexibility index (Phi) is 14.4. The largest absolute Gasteiger partial charge is 1.00 e. The molecule has 0 aliphatic heterocycles. The molecule has 14 heavy (non-hydrogen) atoms. The quantitative estimate of drug-likeness (QED) is 0.261. The minimum absolute atomic E-state index is 0. The Morgan fingerprint density at radius 3 is 2.00 bits per heavy atom. The van der Waals surface area contributed by atoms with Gasteiger partial charge in [0.1, 0.15) is 0 Å². The standard InChI is InChI=1S/C7H18N3.C3H6.ClH/c1-10(2,3)6-4-5-7(8)9;1-3-2;/h4-6H2,1-3H3,(H3,8,9);3H,1H2,2H3;1H/q+1;;/p-1. The Balaban J connectivity index is -0.000000267. The minimum atomic E-state index is 0. The fraction of sp³-hybridized carbons (Fsp3) is 0.700. The second-order valence-corrected chi connectivity index (χ2v) is 4.05. The summed E-state index contributed by atoms with van der Waals surface area (Å²) < 4.78 is 0.952. The van der Waals surface area contributed by atoms with Crippen LogP contribution in [0.25, 0.3) is 0 Å². The normalized spacial score (nSPS) is 9.14. The van der Waals surface area contributed by atoms with E-state index in [1.807, 2.05) is 6.92 Å². The summed E-state index contributed by atoms with van der Waals surface area (Å²) in [6, 6.07) is 0. The second-order valence-electron chi connectivity index (χ2n) is 4.05. The summed E-state index contributed by atoms with van der Waals surface area (Å²) in [4.78, 5) is 0. The topological polar surface area (TPSA) is 49.9 Å². The van der Waals surface area contributed by atoms with E-state index in [-0.39, 0.29) is 12.4 Å². The Morgan fingerprint density at radius 2 is 1.79 bits per heavy atom. The van der Waals surface area contributed by atoms with E-state index in [4.69, 9.17) is 11.1 Å². The first-order valence-electron chi connectivity index (χ1n) is 4.54. The highest BCUT2D eigenvalue weighted by Gasteiger charge is 2.05. The lowest BCUT2D eigenvalue weighted by Crippen LogP contribution is -3.00. The molecule has 0 heterocycles. The summed E-state index contributed by atoms with van der Waals surface area (Å²) in [5, 5.41) is 6.97. The van der Waals surface area contributed by atoms with E-state index in [9.17, 15) is 0 Å². The molecule has 3 N–H and O–H groups in total. The molecule has 0 bridgehead atoms. The molecule has 0 aliphatic carbocycles. The molecule has 0 saturated heterocycles. The van der Waals surface area contributed by atoms with Gasteiger partial charge in [0.05, 0.1) is 33.5 Å². The summed E-state index contributed by atoms with van der Waals surface area (Å²) >= 11 is 0. The van der Waals surface area contributed by atoms with Crippen molar-refractivity contribution in [2.45, 2.75) is 19.8 Å². The molecule has 0 aromatic carbocycles. The molecule has 0 unspecified atom stereocenters. The molecule has 0 spiro atoms. The number of amidine groups is 1. The van der Waals surface area contributed by atoms with Gasteiger partial charge in [-0.25, -0.2) is 0 Å². The molecule has 4 heteroatoms. The second kappa shape index (κ2) is 10.5. The Hall–Kier alpha value is -0.540. The molecule has 86 valence electrons. The smallest absolute Gasteiger partial charge is 0.0907 e. The Morgan fingerprint density at radius 1 is 1.43 bits per heavy atom. The van der Waals surface area contributed by atoms with Crippen LogP contribution in [-0.4, -0.2) is 38.0 Å². The van der Waals surface area contributed by atoms with Gasteiger partial charge in [-0.05, 0) is 6.92 Å². The highest BCUT2D eigenvalue weighted by atomic mass is 35.5. The maximum absolute atomic E-state index is 6.97. The maximum atomic E-state index is 6.97. The average Bonchev–Trinajstić information content (AvgIpc) is 1.84. The van der Waals surface area contributed by atoms with E-state index in [0.29, 0.717) is 5.84 Å². The van der Waals surface area contributed by atoms with Crippen LogP contribution in [0.4, 0.5) is 0 Å². The van der Waals surface area contributed by atoms with Gasteiger partial charge in [0.15, 0.2) is 0 Å². The van der Waals surface area contributed by atoms with E-state index in [0.717, 1.165) is 23.9 Å². The molecule has 0 aromatic rings. The lowest BCUT2D eigenvalue weighted by atomic mass is 10.3. The Bertz CT molecular complexity index is 150. The highest BCUT2D eigenvalue weighted by molar-refractivity contribution is 5.76. The summed E-state index contributed by atoms with van der Waals surface area (Å²) in [5.41, 5.74) is 5.20. The minimum Gasteiger partial charge on any atom is -1.00 e. The van der Waals surface area contributed by atoms with Crippen molar-refractivity contribution in [3.05, 3.63) is 12.7 Å². The van der Waals surface area contributed by atoms with E-state index in [1.54, 1.807) is 6.08 Å². The zero-order valence-corrected chi connectivity index (χ0v) is 10.6. The first-order chi connectivity index (χ1) is 5.83. The van der Waals surface area contributed by atoms with Crippen LogP contribution < -0.4 is 18.1 Å². The van der Waals surface area contributed by atoms with Crippen LogP contribution in [0, 0.1) is 5.41 Å². The molecule has 0 saturated carbocycles. The number of nitrogens with one attached hydrogen (secondary N) is 1. The van der Waals surface area contributed by atoms with Crippen molar-refractivity contribution in [2.24, 2.45) is 5.73 Å². The molecule has 0 atom stereocenters. The van der Waals surface area contributed by atoms with Crippen LogP contribution in [0.1, 0.15) is 19.8 Å². The van der Waals surface area contributed by atoms with Crippen molar-refractivity contribution >= 4 is 5.84 Å². The summed E-state index contributed by atoms with van der Waals surface area (Å²) in [5.74, 6) is 0.299. The van der Waals surface area contributed by atoms with Crippen LogP contribution in [0.2, 0.25) is 0 Å².